The van der Waals surface area contributed by atoms with E-state index >= 15 is 0 Å². The third-order valence-electron chi connectivity index (χ3n) is 4.45. The van der Waals surface area contributed by atoms with Gasteiger partial charge in [0.15, 0.2) is 5.79 Å². The van der Waals surface area contributed by atoms with Gasteiger partial charge in [-0.1, -0.05) is 26.0 Å². The summed E-state index contributed by atoms with van der Waals surface area (Å²) in [6.07, 6.45) is 1.49. The largest absolute Gasteiger partial charge is 0.347 e. The number of ether oxygens (including phenoxy) is 2. The number of carbonyl (C=O) groups excluding carboxylic acids is 1. The highest BCUT2D eigenvalue weighted by molar-refractivity contribution is 5.89. The van der Waals surface area contributed by atoms with E-state index in [1.54, 1.807) is 0 Å². The Kier molecular flexibility index (Phi) is 4.36. The quantitative estimate of drug-likeness (QED) is 0.913. The van der Waals surface area contributed by atoms with E-state index in [1.165, 1.54) is 5.56 Å². The average Bonchev–Trinajstić information content (AvgIpc) is 2.96. The maximum Gasteiger partial charge on any atom is 0.321 e. The first-order valence-corrected chi connectivity index (χ1v) is 8.02. The molecule has 1 N–H and O–H groups in total. The molecule has 1 spiro atoms. The fraction of sp³-hybridized carbons (Fsp3) is 0.588. The van der Waals surface area contributed by atoms with E-state index in [4.69, 9.17) is 9.47 Å². The van der Waals surface area contributed by atoms with Crippen molar-refractivity contribution in [3.8, 4) is 0 Å². The Morgan fingerprint density at radius 3 is 2.27 bits per heavy atom. The second-order valence-corrected chi connectivity index (χ2v) is 6.30. The second-order valence-electron chi connectivity index (χ2n) is 6.30. The smallest absolute Gasteiger partial charge is 0.321 e. The molecule has 0 atom stereocenters. The first kappa shape index (κ1) is 15.3. The molecule has 1 aromatic carbocycles. The fourth-order valence-electron chi connectivity index (χ4n) is 2.99. The van der Waals surface area contributed by atoms with Crippen molar-refractivity contribution in [3.63, 3.8) is 0 Å². The van der Waals surface area contributed by atoms with Gasteiger partial charge in [-0.25, -0.2) is 4.79 Å². The van der Waals surface area contributed by atoms with Crippen LogP contribution in [0.2, 0.25) is 0 Å². The summed E-state index contributed by atoms with van der Waals surface area (Å²) in [4.78, 5) is 14.1. The molecule has 3 rings (SSSR count). The molecule has 2 aliphatic rings. The molecular formula is C17H24N2O3. The maximum absolute atomic E-state index is 12.3. The summed E-state index contributed by atoms with van der Waals surface area (Å²) in [6.45, 7) is 6.96. The number of benzene rings is 1. The molecule has 2 heterocycles. The third kappa shape index (κ3) is 3.25. The zero-order chi connectivity index (χ0) is 15.6. The molecule has 0 saturated carbocycles. The average molecular weight is 304 g/mol. The highest BCUT2D eigenvalue weighted by Gasteiger charge is 2.40. The molecule has 5 nitrogen and oxygen atoms in total. The van der Waals surface area contributed by atoms with Crippen LogP contribution in [0.1, 0.15) is 38.2 Å². The lowest BCUT2D eigenvalue weighted by molar-refractivity contribution is -0.181. The minimum absolute atomic E-state index is 0.0508. The standard InChI is InChI=1S/C17H24N2O3/c1-13(2)14-3-5-15(6-4-14)18-16(20)19-9-7-17(8-10-19)21-11-12-22-17/h3-6,13H,7-12H2,1-2H3,(H,18,20). The van der Waals surface area contributed by atoms with Crippen LogP contribution in [0.15, 0.2) is 24.3 Å². The molecule has 0 unspecified atom stereocenters. The number of nitrogens with one attached hydrogen (secondary N) is 1. The topological polar surface area (TPSA) is 50.8 Å². The van der Waals surface area contributed by atoms with Crippen molar-refractivity contribution in [1.29, 1.82) is 0 Å². The zero-order valence-electron chi connectivity index (χ0n) is 13.3. The molecule has 120 valence electrons. The van der Waals surface area contributed by atoms with Gasteiger partial charge in [-0.3, -0.25) is 0 Å². The van der Waals surface area contributed by atoms with E-state index < -0.39 is 5.79 Å². The SMILES string of the molecule is CC(C)c1ccc(NC(=O)N2CCC3(CC2)OCCO3)cc1. The molecule has 1 aromatic rings. The zero-order valence-corrected chi connectivity index (χ0v) is 13.3. The van der Waals surface area contributed by atoms with Crippen LogP contribution in [0, 0.1) is 0 Å². The first-order chi connectivity index (χ1) is 10.6. The Bertz CT molecular complexity index is 511. The second kappa shape index (κ2) is 6.26. The number of hydrogen-bond acceptors (Lipinski definition) is 3. The van der Waals surface area contributed by atoms with Gasteiger partial charge in [0.25, 0.3) is 0 Å². The molecule has 0 aromatic heterocycles. The fourth-order valence-corrected chi connectivity index (χ4v) is 2.99. The van der Waals surface area contributed by atoms with Gasteiger partial charge < -0.3 is 19.7 Å². The number of carbonyl (C=O) groups is 1. The van der Waals surface area contributed by atoms with Crippen LogP contribution in [0.3, 0.4) is 0 Å². The van der Waals surface area contributed by atoms with E-state index in [0.717, 1.165) is 18.5 Å². The third-order valence-corrected chi connectivity index (χ3v) is 4.45. The number of nitrogens with zero attached hydrogens (tertiary/aromatic N) is 1. The molecular weight excluding hydrogens is 280 g/mol. The minimum Gasteiger partial charge on any atom is -0.347 e. The van der Waals surface area contributed by atoms with Crippen molar-refractivity contribution in [3.05, 3.63) is 29.8 Å². The predicted octanol–water partition coefficient (Wildman–Crippen LogP) is 3.18. The molecule has 22 heavy (non-hydrogen) atoms. The number of piperidine rings is 1. The van der Waals surface area contributed by atoms with Crippen molar-refractivity contribution in [1.82, 2.24) is 4.90 Å². The molecule has 0 aliphatic carbocycles. The van der Waals surface area contributed by atoms with Crippen LogP contribution in [0.5, 0.6) is 0 Å². The Morgan fingerprint density at radius 1 is 1.14 bits per heavy atom. The molecule has 2 amide bonds. The maximum atomic E-state index is 12.3. The van der Waals surface area contributed by atoms with Crippen LogP contribution in [0.25, 0.3) is 0 Å². The number of hydrogen-bond donors (Lipinski definition) is 1. The van der Waals surface area contributed by atoms with Gasteiger partial charge in [-0.2, -0.15) is 0 Å². The summed E-state index contributed by atoms with van der Waals surface area (Å²) in [5, 5.41) is 2.96. The lowest BCUT2D eigenvalue weighted by Crippen LogP contribution is -2.48. The molecule has 2 fully saturated rings. The summed E-state index contributed by atoms with van der Waals surface area (Å²) in [6, 6.07) is 7.99. The van der Waals surface area contributed by atoms with Gasteiger partial charge in [0.05, 0.1) is 13.2 Å². The Balaban J connectivity index is 1.54. The van der Waals surface area contributed by atoms with Gasteiger partial charge in [-0.15, -0.1) is 0 Å². The van der Waals surface area contributed by atoms with Crippen molar-refractivity contribution < 1.29 is 14.3 Å². The number of amides is 2. The van der Waals surface area contributed by atoms with E-state index in [2.05, 4.69) is 31.3 Å². The Morgan fingerprint density at radius 2 is 1.73 bits per heavy atom. The van der Waals surface area contributed by atoms with Crippen molar-refractivity contribution in [2.24, 2.45) is 0 Å². The van der Waals surface area contributed by atoms with Crippen molar-refractivity contribution >= 4 is 11.7 Å². The summed E-state index contributed by atoms with van der Waals surface area (Å²) < 4.78 is 11.4. The number of rotatable bonds is 2. The molecule has 0 bridgehead atoms. The minimum atomic E-state index is -0.435. The van der Waals surface area contributed by atoms with Gasteiger partial charge >= 0.3 is 6.03 Å². The summed E-state index contributed by atoms with van der Waals surface area (Å²) in [5.41, 5.74) is 2.11. The van der Waals surface area contributed by atoms with Crippen molar-refractivity contribution in [2.75, 3.05) is 31.6 Å². The van der Waals surface area contributed by atoms with E-state index in [1.807, 2.05) is 17.0 Å². The van der Waals surface area contributed by atoms with E-state index in [0.29, 0.717) is 32.2 Å². The molecule has 5 heteroatoms. The molecule has 2 saturated heterocycles. The number of anilines is 1. The first-order valence-electron chi connectivity index (χ1n) is 8.02. The Labute approximate surface area is 131 Å². The highest BCUT2D eigenvalue weighted by Crippen LogP contribution is 2.31. The van der Waals surface area contributed by atoms with Crippen LogP contribution in [-0.4, -0.2) is 43.0 Å². The summed E-state index contributed by atoms with van der Waals surface area (Å²) in [7, 11) is 0. The lowest BCUT2D eigenvalue weighted by Gasteiger charge is -2.37. The normalized spacial score (nSPS) is 20.6. The summed E-state index contributed by atoms with van der Waals surface area (Å²) in [5.74, 6) is 0.0600. The Hall–Kier alpha value is -1.59. The highest BCUT2D eigenvalue weighted by atomic mass is 16.7. The molecule has 2 aliphatic heterocycles. The number of likely N-dealkylation sites (tertiary alicyclic amines) is 1. The van der Waals surface area contributed by atoms with Gasteiger partial charge in [0.2, 0.25) is 0 Å². The molecule has 0 radical (unpaired) electrons. The summed E-state index contributed by atoms with van der Waals surface area (Å²) >= 11 is 0. The van der Waals surface area contributed by atoms with Crippen LogP contribution in [0.4, 0.5) is 10.5 Å². The van der Waals surface area contributed by atoms with Crippen LogP contribution >= 0.6 is 0 Å². The van der Waals surface area contributed by atoms with E-state index in [9.17, 15) is 4.79 Å². The number of urea groups is 1. The van der Waals surface area contributed by atoms with Gasteiger partial charge in [-0.05, 0) is 23.6 Å². The predicted molar refractivity (Wildman–Crippen MR) is 85.0 cm³/mol. The monoisotopic (exact) mass is 304 g/mol. The van der Waals surface area contributed by atoms with Crippen LogP contribution < -0.4 is 5.32 Å². The van der Waals surface area contributed by atoms with Crippen LogP contribution in [-0.2, 0) is 9.47 Å². The van der Waals surface area contributed by atoms with Gasteiger partial charge in [0.1, 0.15) is 0 Å². The van der Waals surface area contributed by atoms with E-state index in [-0.39, 0.29) is 6.03 Å². The van der Waals surface area contributed by atoms with Gasteiger partial charge in [0, 0.05) is 31.6 Å². The van der Waals surface area contributed by atoms with Crippen molar-refractivity contribution in [2.45, 2.75) is 38.4 Å². The lowest BCUT2D eigenvalue weighted by atomic mass is 10.0.